The van der Waals surface area contributed by atoms with Crippen molar-refractivity contribution < 1.29 is 12.5 Å². The molecule has 0 aromatic heterocycles. The molecule has 17 heavy (non-hydrogen) atoms. The fourth-order valence-electron chi connectivity index (χ4n) is 1.56. The molecule has 3 nitrogen and oxygen atoms in total. The van der Waals surface area contributed by atoms with E-state index in [4.69, 9.17) is 4.11 Å². The molecule has 104 valence electrons. The molecule has 0 aromatic rings. The van der Waals surface area contributed by atoms with E-state index in [0.29, 0.717) is 12.3 Å². The van der Waals surface area contributed by atoms with E-state index < -0.39 is 21.7 Å². The van der Waals surface area contributed by atoms with Crippen LogP contribution in [0.4, 0.5) is 0 Å². The number of hydrogen-bond donors (Lipinski definition) is 0. The Balaban J connectivity index is 5.26. The molecule has 0 N–H and O–H groups in total. The van der Waals surface area contributed by atoms with Crippen LogP contribution in [0, 0.1) is 11.3 Å². The van der Waals surface area contributed by atoms with Gasteiger partial charge in [0.2, 0.25) is 10.0 Å². The summed E-state index contributed by atoms with van der Waals surface area (Å²) in [5.41, 5.74) is -0.682. The zero-order chi connectivity index (χ0) is 16.6. The maximum atomic E-state index is 12.2. The second-order valence-corrected chi connectivity index (χ2v) is 8.19. The Morgan fingerprint density at radius 2 is 1.65 bits per heavy atom. The molecule has 0 aliphatic rings. The van der Waals surface area contributed by atoms with Crippen LogP contribution in [0.1, 0.15) is 59.0 Å². The standard InChI is InChI=1S/C13H29NO2S/c1-11(12(2,3)4)9-10-14(13(5,6)7)17(8,15)16/h11H,9-10H2,1-8H3/i8D3. The molecular formula is C13H29NO2S. The van der Waals surface area contributed by atoms with Crippen LogP contribution in [0.5, 0.6) is 0 Å². The van der Waals surface area contributed by atoms with Crippen LogP contribution in [-0.2, 0) is 10.0 Å². The summed E-state index contributed by atoms with van der Waals surface area (Å²) < 4.78 is 47.3. The largest absolute Gasteiger partial charge is 0.212 e. The second-order valence-electron chi connectivity index (χ2n) is 6.80. The van der Waals surface area contributed by atoms with Crippen LogP contribution in [0.2, 0.25) is 0 Å². The second kappa shape index (κ2) is 5.27. The van der Waals surface area contributed by atoms with Crippen LogP contribution >= 0.6 is 0 Å². The van der Waals surface area contributed by atoms with Gasteiger partial charge in [0, 0.05) is 16.2 Å². The van der Waals surface area contributed by atoms with Crippen molar-refractivity contribution in [3.05, 3.63) is 0 Å². The van der Waals surface area contributed by atoms with Crippen LogP contribution in [0.25, 0.3) is 0 Å². The Bertz CT molecular complexity index is 416. The van der Waals surface area contributed by atoms with Gasteiger partial charge >= 0.3 is 0 Å². The molecule has 0 fully saturated rings. The monoisotopic (exact) mass is 266 g/mol. The predicted molar refractivity (Wildman–Crippen MR) is 74.5 cm³/mol. The molecule has 1 atom stereocenters. The van der Waals surface area contributed by atoms with Gasteiger partial charge in [0.25, 0.3) is 0 Å². The lowest BCUT2D eigenvalue weighted by molar-refractivity contribution is 0.192. The van der Waals surface area contributed by atoms with E-state index in [1.165, 1.54) is 0 Å². The first-order valence-corrected chi connectivity index (χ1v) is 7.47. The van der Waals surface area contributed by atoms with Crippen molar-refractivity contribution in [1.29, 1.82) is 0 Å². The number of nitrogens with zero attached hydrogens (tertiary/aromatic N) is 1. The van der Waals surface area contributed by atoms with Crippen molar-refractivity contribution in [1.82, 2.24) is 4.31 Å². The van der Waals surface area contributed by atoms with E-state index >= 15 is 0 Å². The number of rotatable bonds is 4. The van der Waals surface area contributed by atoms with Gasteiger partial charge in [-0.15, -0.1) is 0 Å². The molecule has 4 heteroatoms. The average molecular weight is 266 g/mol. The summed E-state index contributed by atoms with van der Waals surface area (Å²) in [4.78, 5) is 0. The molecule has 0 heterocycles. The minimum absolute atomic E-state index is 0.0628. The zero-order valence-electron chi connectivity index (χ0n) is 15.2. The molecule has 0 amide bonds. The van der Waals surface area contributed by atoms with Gasteiger partial charge in [0.15, 0.2) is 0 Å². The molecule has 0 saturated carbocycles. The summed E-state index contributed by atoms with van der Waals surface area (Å²) in [5, 5.41) is 0. The first kappa shape index (κ1) is 12.0. The highest BCUT2D eigenvalue weighted by molar-refractivity contribution is 7.88. The van der Waals surface area contributed by atoms with Crippen LogP contribution < -0.4 is 0 Å². The van der Waals surface area contributed by atoms with Crippen molar-refractivity contribution in [2.24, 2.45) is 11.3 Å². The van der Waals surface area contributed by atoms with Gasteiger partial charge in [-0.3, -0.25) is 0 Å². The summed E-state index contributed by atoms with van der Waals surface area (Å²) in [7, 11) is -4.30. The lowest BCUT2D eigenvalue weighted by Crippen LogP contribution is -2.46. The molecule has 0 aromatic carbocycles. The Hall–Kier alpha value is -0.0900. The van der Waals surface area contributed by atoms with Crippen LogP contribution in [0.3, 0.4) is 0 Å². The van der Waals surface area contributed by atoms with Crippen molar-refractivity contribution in [3.63, 3.8) is 0 Å². The average Bonchev–Trinajstić information content (AvgIpc) is 2.11. The minimum Gasteiger partial charge on any atom is -0.212 e. The quantitative estimate of drug-likeness (QED) is 0.784. The third kappa shape index (κ3) is 5.87. The Morgan fingerprint density at radius 3 is 1.94 bits per heavy atom. The van der Waals surface area contributed by atoms with Crippen LogP contribution in [-0.4, -0.2) is 31.0 Å². The number of sulfonamides is 1. The summed E-state index contributed by atoms with van der Waals surface area (Å²) >= 11 is 0. The topological polar surface area (TPSA) is 37.4 Å². The highest BCUT2D eigenvalue weighted by Crippen LogP contribution is 2.29. The Morgan fingerprint density at radius 1 is 1.18 bits per heavy atom. The highest BCUT2D eigenvalue weighted by Gasteiger charge is 2.30. The van der Waals surface area contributed by atoms with Crippen molar-refractivity contribution >= 4 is 10.0 Å². The fourth-order valence-corrected chi connectivity index (χ4v) is 2.63. The SMILES string of the molecule is [2H]C([2H])([2H])S(=O)(=O)N(CCC(C)C(C)(C)C)C(C)(C)C. The third-order valence-corrected chi connectivity index (χ3v) is 4.59. The minimum atomic E-state index is -4.30. The highest BCUT2D eigenvalue weighted by atomic mass is 32.2. The normalized spacial score (nSPS) is 19.6. The van der Waals surface area contributed by atoms with Crippen LogP contribution in [0.15, 0.2) is 0 Å². The van der Waals surface area contributed by atoms with Crippen molar-refractivity contribution in [2.45, 2.75) is 60.4 Å². The molecule has 0 saturated heterocycles. The van der Waals surface area contributed by atoms with Gasteiger partial charge in [0.1, 0.15) is 0 Å². The van der Waals surface area contributed by atoms with Gasteiger partial charge in [-0.05, 0) is 38.5 Å². The maximum absolute atomic E-state index is 12.2. The summed E-state index contributed by atoms with van der Waals surface area (Å²) in [6.45, 7) is 13.7. The molecule has 0 aliphatic carbocycles. The van der Waals surface area contributed by atoms with Gasteiger partial charge in [-0.1, -0.05) is 27.7 Å². The predicted octanol–water partition coefficient (Wildman–Crippen LogP) is 3.12. The van der Waals surface area contributed by atoms with Gasteiger partial charge in [0.05, 0.1) is 6.18 Å². The Kier molecular flexibility index (Phi) is 3.71. The molecule has 1 unspecified atom stereocenters. The fraction of sp³-hybridized carbons (Fsp3) is 1.00. The van der Waals surface area contributed by atoms with Crippen molar-refractivity contribution in [3.8, 4) is 0 Å². The van der Waals surface area contributed by atoms with Crippen molar-refractivity contribution in [2.75, 3.05) is 12.7 Å². The third-order valence-electron chi connectivity index (χ3n) is 3.28. The first-order chi connectivity index (χ1) is 8.51. The smallest absolute Gasteiger partial charge is 0.211 e. The molecule has 0 radical (unpaired) electrons. The summed E-state index contributed by atoms with van der Waals surface area (Å²) in [6, 6.07) is 0. The molecule has 0 bridgehead atoms. The lowest BCUT2D eigenvalue weighted by atomic mass is 9.80. The van der Waals surface area contributed by atoms with Gasteiger partial charge in [-0.2, -0.15) is 4.31 Å². The first-order valence-electron chi connectivity index (χ1n) is 7.53. The van der Waals surface area contributed by atoms with E-state index in [9.17, 15) is 8.42 Å². The molecule has 0 rings (SSSR count). The molecule has 0 spiro atoms. The van der Waals surface area contributed by atoms with E-state index in [2.05, 4.69) is 27.7 Å². The molecule has 0 aliphatic heterocycles. The maximum Gasteiger partial charge on any atom is 0.211 e. The van der Waals surface area contributed by atoms with E-state index in [-0.39, 0.29) is 12.0 Å². The Labute approximate surface area is 112 Å². The number of hydrogen-bond acceptors (Lipinski definition) is 2. The van der Waals surface area contributed by atoms with E-state index in [0.717, 1.165) is 4.31 Å². The van der Waals surface area contributed by atoms with Gasteiger partial charge in [-0.25, -0.2) is 8.42 Å². The molecular weight excluding hydrogens is 234 g/mol. The lowest BCUT2D eigenvalue weighted by Gasteiger charge is -2.36. The van der Waals surface area contributed by atoms with E-state index in [1.54, 1.807) is 20.8 Å². The summed E-state index contributed by atoms with van der Waals surface area (Å²) in [5.74, 6) is 0.291. The summed E-state index contributed by atoms with van der Waals surface area (Å²) in [6.07, 6.45) is -2.37. The van der Waals surface area contributed by atoms with E-state index in [1.807, 2.05) is 0 Å². The zero-order valence-corrected chi connectivity index (χ0v) is 13.0. The van der Waals surface area contributed by atoms with Gasteiger partial charge < -0.3 is 0 Å².